The third-order valence-electron chi connectivity index (χ3n) is 3.84. The number of nitrogens with zero attached hydrogens (tertiary/aromatic N) is 2. The van der Waals surface area contributed by atoms with Crippen LogP contribution in [0.1, 0.15) is 26.7 Å². The van der Waals surface area contributed by atoms with E-state index in [-0.39, 0.29) is 18.7 Å². The third kappa shape index (κ3) is 2.74. The number of carbonyl (C=O) groups is 2. The minimum absolute atomic E-state index is 0.0299. The van der Waals surface area contributed by atoms with Crippen LogP contribution in [-0.4, -0.2) is 60.8 Å². The molecule has 6 heteroatoms. The van der Waals surface area contributed by atoms with Crippen molar-refractivity contribution in [1.29, 1.82) is 0 Å². The fourth-order valence-electron chi connectivity index (χ4n) is 2.90. The number of carbonyl (C=O) groups excluding carboxylic acids is 2. The molecule has 2 aliphatic heterocycles. The zero-order valence-electron chi connectivity index (χ0n) is 11.9. The van der Waals surface area contributed by atoms with E-state index < -0.39 is 5.54 Å². The van der Waals surface area contributed by atoms with Gasteiger partial charge in [-0.3, -0.25) is 4.79 Å². The molecule has 0 aromatic carbocycles. The van der Waals surface area contributed by atoms with Crippen molar-refractivity contribution in [3.05, 3.63) is 0 Å². The topological polar surface area (TPSA) is 61.9 Å². The molecular formula is C13H23N3O3. The minimum Gasteiger partial charge on any atom is -0.364 e. The smallest absolute Gasteiger partial charge is 0.326 e. The quantitative estimate of drug-likeness (QED) is 0.761. The number of hydrogen-bond donors (Lipinski definition) is 1. The first-order valence-corrected chi connectivity index (χ1v) is 6.84. The SMILES string of the molecule is COCN1C(=O)NC2(CCN(CC(C)C)CC2)C1=O. The maximum Gasteiger partial charge on any atom is 0.326 e. The van der Waals surface area contributed by atoms with Crippen LogP contribution >= 0.6 is 0 Å². The average Bonchev–Trinajstić information content (AvgIpc) is 2.57. The lowest BCUT2D eigenvalue weighted by Crippen LogP contribution is -2.55. The molecule has 3 amide bonds. The van der Waals surface area contributed by atoms with Gasteiger partial charge in [-0.1, -0.05) is 13.8 Å². The van der Waals surface area contributed by atoms with Crippen molar-refractivity contribution >= 4 is 11.9 Å². The Kier molecular flexibility index (Phi) is 4.10. The molecule has 2 saturated heterocycles. The predicted molar refractivity (Wildman–Crippen MR) is 70.5 cm³/mol. The van der Waals surface area contributed by atoms with Crippen molar-refractivity contribution in [3.63, 3.8) is 0 Å². The van der Waals surface area contributed by atoms with Crippen LogP contribution in [0.25, 0.3) is 0 Å². The van der Waals surface area contributed by atoms with E-state index in [9.17, 15) is 9.59 Å². The number of ether oxygens (including phenoxy) is 1. The zero-order valence-corrected chi connectivity index (χ0v) is 11.9. The van der Waals surface area contributed by atoms with Crippen LogP contribution in [0, 0.1) is 5.92 Å². The number of methoxy groups -OCH3 is 1. The standard InChI is InChI=1S/C13H23N3O3/c1-10(2)8-15-6-4-13(5-7-15)11(17)16(9-19-3)12(18)14-13/h10H,4-9H2,1-3H3,(H,14,18). The number of hydrogen-bond acceptors (Lipinski definition) is 4. The van der Waals surface area contributed by atoms with E-state index in [1.54, 1.807) is 0 Å². The van der Waals surface area contributed by atoms with Crippen LogP contribution in [0.4, 0.5) is 4.79 Å². The summed E-state index contributed by atoms with van der Waals surface area (Å²) in [5.41, 5.74) is -0.691. The Morgan fingerprint density at radius 3 is 2.47 bits per heavy atom. The molecule has 19 heavy (non-hydrogen) atoms. The number of urea groups is 1. The summed E-state index contributed by atoms with van der Waals surface area (Å²) in [6.45, 7) is 7.15. The molecule has 0 bridgehead atoms. The molecule has 6 nitrogen and oxygen atoms in total. The second kappa shape index (κ2) is 5.46. The van der Waals surface area contributed by atoms with Gasteiger partial charge in [0, 0.05) is 26.7 Å². The number of rotatable bonds is 4. The molecule has 2 heterocycles. The van der Waals surface area contributed by atoms with Crippen molar-refractivity contribution in [2.75, 3.05) is 33.5 Å². The molecule has 0 aliphatic carbocycles. The van der Waals surface area contributed by atoms with E-state index in [0.29, 0.717) is 18.8 Å². The molecule has 2 rings (SSSR count). The fourth-order valence-corrected chi connectivity index (χ4v) is 2.90. The van der Waals surface area contributed by atoms with Crippen molar-refractivity contribution in [2.45, 2.75) is 32.2 Å². The van der Waals surface area contributed by atoms with Gasteiger partial charge in [-0.2, -0.15) is 0 Å². The summed E-state index contributed by atoms with van der Waals surface area (Å²) in [5, 5.41) is 2.86. The fraction of sp³-hybridized carbons (Fsp3) is 0.846. The van der Waals surface area contributed by atoms with Gasteiger partial charge in [0.25, 0.3) is 5.91 Å². The van der Waals surface area contributed by atoms with E-state index in [1.165, 1.54) is 7.11 Å². The van der Waals surface area contributed by atoms with E-state index in [0.717, 1.165) is 24.5 Å². The van der Waals surface area contributed by atoms with Crippen LogP contribution in [0.15, 0.2) is 0 Å². The highest BCUT2D eigenvalue weighted by atomic mass is 16.5. The van der Waals surface area contributed by atoms with Crippen molar-refractivity contribution in [3.8, 4) is 0 Å². The Morgan fingerprint density at radius 1 is 1.32 bits per heavy atom. The van der Waals surface area contributed by atoms with E-state index in [1.807, 2.05) is 0 Å². The summed E-state index contributed by atoms with van der Waals surface area (Å²) < 4.78 is 4.91. The Bertz CT molecular complexity index is 362. The molecule has 0 radical (unpaired) electrons. The van der Waals surface area contributed by atoms with Crippen LogP contribution in [-0.2, 0) is 9.53 Å². The molecular weight excluding hydrogens is 246 g/mol. The van der Waals surface area contributed by atoms with E-state index in [2.05, 4.69) is 24.1 Å². The van der Waals surface area contributed by atoms with Crippen LogP contribution in [0.2, 0.25) is 0 Å². The lowest BCUT2D eigenvalue weighted by Gasteiger charge is -2.37. The number of nitrogens with one attached hydrogen (secondary N) is 1. The Morgan fingerprint density at radius 2 is 1.95 bits per heavy atom. The molecule has 0 aromatic heterocycles. The summed E-state index contributed by atoms with van der Waals surface area (Å²) in [5.74, 6) is 0.483. The van der Waals surface area contributed by atoms with E-state index >= 15 is 0 Å². The van der Waals surface area contributed by atoms with Gasteiger partial charge in [0.15, 0.2) is 0 Å². The van der Waals surface area contributed by atoms with Gasteiger partial charge in [0.05, 0.1) is 0 Å². The highest BCUT2D eigenvalue weighted by molar-refractivity contribution is 6.07. The largest absolute Gasteiger partial charge is 0.364 e. The predicted octanol–water partition coefficient (Wildman–Crippen LogP) is 0.633. The Labute approximate surface area is 114 Å². The van der Waals surface area contributed by atoms with Gasteiger partial charge < -0.3 is 15.0 Å². The van der Waals surface area contributed by atoms with Crippen molar-refractivity contribution in [2.24, 2.45) is 5.92 Å². The molecule has 2 fully saturated rings. The maximum absolute atomic E-state index is 12.4. The molecule has 0 aromatic rings. The number of amides is 3. The van der Waals surface area contributed by atoms with Crippen LogP contribution in [0.3, 0.4) is 0 Å². The molecule has 1 N–H and O–H groups in total. The highest BCUT2D eigenvalue weighted by Gasteiger charge is 2.52. The number of imide groups is 1. The molecule has 108 valence electrons. The Balaban J connectivity index is 1.99. The Hall–Kier alpha value is -1.14. The van der Waals surface area contributed by atoms with Gasteiger partial charge in [0.2, 0.25) is 0 Å². The first-order chi connectivity index (χ1) is 8.98. The summed E-state index contributed by atoms with van der Waals surface area (Å²) in [6.07, 6.45) is 1.37. The van der Waals surface area contributed by atoms with Crippen molar-refractivity contribution in [1.82, 2.24) is 15.1 Å². The van der Waals surface area contributed by atoms with Crippen LogP contribution < -0.4 is 5.32 Å². The lowest BCUT2D eigenvalue weighted by atomic mass is 9.87. The van der Waals surface area contributed by atoms with Gasteiger partial charge in [0.1, 0.15) is 12.3 Å². The number of likely N-dealkylation sites (tertiary alicyclic amines) is 1. The molecule has 0 saturated carbocycles. The van der Waals surface area contributed by atoms with Gasteiger partial charge in [-0.05, 0) is 18.8 Å². The molecule has 0 atom stereocenters. The summed E-state index contributed by atoms with van der Waals surface area (Å²) in [4.78, 5) is 27.7. The number of piperidine rings is 1. The maximum atomic E-state index is 12.4. The van der Waals surface area contributed by atoms with Crippen LogP contribution in [0.5, 0.6) is 0 Å². The summed E-state index contributed by atoms with van der Waals surface area (Å²) >= 11 is 0. The van der Waals surface area contributed by atoms with E-state index in [4.69, 9.17) is 4.74 Å². The normalized spacial score (nSPS) is 23.5. The van der Waals surface area contributed by atoms with Crippen molar-refractivity contribution < 1.29 is 14.3 Å². The summed E-state index contributed by atoms with van der Waals surface area (Å²) in [6, 6.07) is -0.329. The highest BCUT2D eigenvalue weighted by Crippen LogP contribution is 2.29. The third-order valence-corrected chi connectivity index (χ3v) is 3.84. The molecule has 0 unspecified atom stereocenters. The first kappa shape index (κ1) is 14.3. The van der Waals surface area contributed by atoms with Gasteiger partial charge in [-0.15, -0.1) is 0 Å². The molecule has 2 aliphatic rings. The summed E-state index contributed by atoms with van der Waals surface area (Å²) in [7, 11) is 1.48. The molecule has 1 spiro atoms. The minimum atomic E-state index is -0.691. The van der Waals surface area contributed by atoms with Gasteiger partial charge >= 0.3 is 6.03 Å². The second-order valence-electron chi connectivity index (χ2n) is 5.86. The monoisotopic (exact) mass is 269 g/mol. The average molecular weight is 269 g/mol. The zero-order chi connectivity index (χ0) is 14.0. The lowest BCUT2D eigenvalue weighted by molar-refractivity contribution is -0.136. The van der Waals surface area contributed by atoms with Gasteiger partial charge in [-0.25, -0.2) is 9.69 Å². The first-order valence-electron chi connectivity index (χ1n) is 6.84. The second-order valence-corrected chi connectivity index (χ2v) is 5.86.